The van der Waals surface area contributed by atoms with Gasteiger partial charge in [0, 0.05) is 18.1 Å². The van der Waals surface area contributed by atoms with Crippen LogP contribution in [0.5, 0.6) is 0 Å². The summed E-state index contributed by atoms with van der Waals surface area (Å²) < 4.78 is 33.6. The number of aliphatic hydroxyl groups is 1. The summed E-state index contributed by atoms with van der Waals surface area (Å²) in [5.41, 5.74) is 2.33. The summed E-state index contributed by atoms with van der Waals surface area (Å²) in [7, 11) is -3.77. The van der Waals surface area contributed by atoms with Gasteiger partial charge >= 0.3 is 6.09 Å². The highest BCUT2D eigenvalue weighted by atomic mass is 35.5. The fourth-order valence-electron chi connectivity index (χ4n) is 4.03. The monoisotopic (exact) mass is 572 g/mol. The van der Waals surface area contributed by atoms with Gasteiger partial charge in [0.1, 0.15) is 6.61 Å². The highest BCUT2D eigenvalue weighted by molar-refractivity contribution is 7.88. The number of rotatable bonds is 14. The third-order valence-corrected chi connectivity index (χ3v) is 8.35. The summed E-state index contributed by atoms with van der Waals surface area (Å²) in [5, 5.41) is 14.6. The van der Waals surface area contributed by atoms with Crippen LogP contribution < -0.4 is 5.32 Å². The Morgan fingerprint density at radius 3 is 2.10 bits per heavy atom. The lowest BCUT2D eigenvalue weighted by atomic mass is 10.0. The van der Waals surface area contributed by atoms with Crippen LogP contribution in [-0.4, -0.2) is 49.2 Å². The molecule has 1 amide bonds. The summed E-state index contributed by atoms with van der Waals surface area (Å²) in [5.74, 6) is 0.0480. The summed E-state index contributed by atoms with van der Waals surface area (Å²) >= 11 is 5.96. The van der Waals surface area contributed by atoms with E-state index in [0.717, 1.165) is 11.1 Å². The predicted molar refractivity (Wildman–Crippen MR) is 155 cm³/mol. The van der Waals surface area contributed by atoms with E-state index >= 15 is 0 Å². The van der Waals surface area contributed by atoms with Crippen LogP contribution in [0.15, 0.2) is 84.9 Å². The first kappa shape index (κ1) is 30.6. The van der Waals surface area contributed by atoms with Gasteiger partial charge in [0.05, 0.1) is 17.9 Å². The number of nitrogens with one attached hydrogen (secondary N) is 1. The second kappa shape index (κ2) is 15.0. The molecule has 7 nitrogen and oxygen atoms in total. The average molecular weight is 573 g/mol. The van der Waals surface area contributed by atoms with Crippen molar-refractivity contribution in [1.29, 1.82) is 0 Å². The highest BCUT2D eigenvalue weighted by Crippen LogP contribution is 2.18. The molecule has 0 radical (unpaired) electrons. The molecule has 0 aromatic heterocycles. The number of amides is 1. The molecule has 2 N–H and O–H groups in total. The van der Waals surface area contributed by atoms with E-state index in [2.05, 4.69) is 5.32 Å². The molecule has 0 aliphatic heterocycles. The van der Waals surface area contributed by atoms with E-state index in [1.54, 1.807) is 24.3 Å². The Labute approximate surface area is 236 Å². The minimum Gasteiger partial charge on any atom is -0.445 e. The maximum Gasteiger partial charge on any atom is 0.407 e. The normalized spacial score (nSPS) is 13.3. The second-order valence-electron chi connectivity index (χ2n) is 9.99. The lowest BCUT2D eigenvalue weighted by Crippen LogP contribution is -2.51. The Morgan fingerprint density at radius 1 is 0.923 bits per heavy atom. The van der Waals surface area contributed by atoms with Gasteiger partial charge in [-0.25, -0.2) is 13.2 Å². The topological polar surface area (TPSA) is 95.9 Å². The fourth-order valence-corrected chi connectivity index (χ4v) is 5.72. The average Bonchev–Trinajstić information content (AvgIpc) is 2.91. The molecule has 0 fully saturated rings. The molecule has 3 aromatic rings. The number of alkyl carbamates (subject to hydrolysis) is 1. The van der Waals surface area contributed by atoms with Gasteiger partial charge in [0.15, 0.2) is 0 Å². The van der Waals surface area contributed by atoms with E-state index < -0.39 is 28.3 Å². The summed E-state index contributed by atoms with van der Waals surface area (Å²) in [6, 6.07) is 24.6. The molecule has 39 heavy (non-hydrogen) atoms. The van der Waals surface area contributed by atoms with Crippen LogP contribution in [0.4, 0.5) is 4.79 Å². The standard InChI is InChI=1S/C30H37ClN2O5S/c1-23(2)17-18-33(39(36,37)22-26-13-15-27(31)16-14-26)20-29(34)28(19-24-9-5-3-6-10-24)32-30(35)38-21-25-11-7-4-8-12-25/h3-16,23,28-29,34H,17-22H2,1-2H3,(H,32,35)/t28-,29+/m0/s1. The minimum absolute atomic E-state index is 0.0802. The van der Waals surface area contributed by atoms with E-state index in [-0.39, 0.29) is 31.4 Å². The maximum absolute atomic E-state index is 13.5. The third kappa shape index (κ3) is 10.6. The van der Waals surface area contributed by atoms with Crippen LogP contribution >= 0.6 is 11.6 Å². The van der Waals surface area contributed by atoms with Crippen LogP contribution in [0.1, 0.15) is 37.0 Å². The van der Waals surface area contributed by atoms with Crippen molar-refractivity contribution < 1.29 is 23.1 Å². The molecular weight excluding hydrogens is 536 g/mol. The first-order valence-electron chi connectivity index (χ1n) is 13.0. The van der Waals surface area contributed by atoms with Crippen LogP contribution in [0, 0.1) is 5.92 Å². The highest BCUT2D eigenvalue weighted by Gasteiger charge is 2.30. The lowest BCUT2D eigenvalue weighted by Gasteiger charge is -2.30. The van der Waals surface area contributed by atoms with E-state index in [1.807, 2.05) is 74.5 Å². The molecule has 0 saturated heterocycles. The van der Waals surface area contributed by atoms with Crippen molar-refractivity contribution in [2.45, 2.75) is 51.2 Å². The van der Waals surface area contributed by atoms with Crippen molar-refractivity contribution in [2.24, 2.45) is 5.92 Å². The zero-order chi connectivity index (χ0) is 28.3. The lowest BCUT2D eigenvalue weighted by molar-refractivity contribution is 0.0882. The number of aliphatic hydroxyl groups excluding tert-OH is 1. The molecule has 0 unspecified atom stereocenters. The Kier molecular flexibility index (Phi) is 11.8. The number of hydrogen-bond donors (Lipinski definition) is 2. The summed E-state index contributed by atoms with van der Waals surface area (Å²) in [6.07, 6.45) is -0.932. The van der Waals surface area contributed by atoms with E-state index in [0.29, 0.717) is 23.4 Å². The molecule has 3 rings (SSSR count). The molecular formula is C30H37ClN2O5S. The van der Waals surface area contributed by atoms with Gasteiger partial charge in [-0.05, 0) is 47.6 Å². The van der Waals surface area contributed by atoms with Gasteiger partial charge in [-0.15, -0.1) is 0 Å². The molecule has 3 aromatic carbocycles. The molecule has 0 bridgehead atoms. The Bertz CT molecular complexity index is 1260. The quantitative estimate of drug-likeness (QED) is 0.269. The van der Waals surface area contributed by atoms with Crippen molar-refractivity contribution in [3.8, 4) is 0 Å². The minimum atomic E-state index is -3.77. The van der Waals surface area contributed by atoms with Crippen molar-refractivity contribution in [3.05, 3.63) is 107 Å². The van der Waals surface area contributed by atoms with Crippen molar-refractivity contribution in [3.63, 3.8) is 0 Å². The Hall–Kier alpha value is -2.91. The first-order chi connectivity index (χ1) is 18.6. The van der Waals surface area contributed by atoms with Gasteiger partial charge in [-0.3, -0.25) is 0 Å². The Balaban J connectivity index is 1.76. The Morgan fingerprint density at radius 2 is 1.51 bits per heavy atom. The molecule has 9 heteroatoms. The smallest absolute Gasteiger partial charge is 0.407 e. The molecule has 0 heterocycles. The first-order valence-corrected chi connectivity index (χ1v) is 15.0. The van der Waals surface area contributed by atoms with Crippen molar-refractivity contribution >= 4 is 27.7 Å². The maximum atomic E-state index is 13.5. The van der Waals surface area contributed by atoms with Gasteiger partial charge in [0.25, 0.3) is 0 Å². The molecule has 0 spiro atoms. The molecule has 0 saturated carbocycles. The number of benzene rings is 3. The molecule has 210 valence electrons. The van der Waals surface area contributed by atoms with Crippen molar-refractivity contribution in [1.82, 2.24) is 9.62 Å². The van der Waals surface area contributed by atoms with E-state index in [9.17, 15) is 18.3 Å². The zero-order valence-electron chi connectivity index (χ0n) is 22.4. The SMILES string of the molecule is CC(C)CCN(C[C@@H](O)[C@H](Cc1ccccc1)NC(=O)OCc1ccccc1)S(=O)(=O)Cc1ccc(Cl)cc1. The molecule has 0 aliphatic rings. The van der Waals surface area contributed by atoms with Crippen LogP contribution in [0.3, 0.4) is 0 Å². The van der Waals surface area contributed by atoms with Crippen LogP contribution in [-0.2, 0) is 33.5 Å². The second-order valence-corrected chi connectivity index (χ2v) is 12.4. The van der Waals surface area contributed by atoms with Crippen LogP contribution in [0.2, 0.25) is 5.02 Å². The third-order valence-electron chi connectivity index (χ3n) is 6.28. The van der Waals surface area contributed by atoms with E-state index in [4.69, 9.17) is 16.3 Å². The zero-order valence-corrected chi connectivity index (χ0v) is 23.9. The van der Waals surface area contributed by atoms with Gasteiger partial charge in [-0.2, -0.15) is 4.31 Å². The van der Waals surface area contributed by atoms with Gasteiger partial charge in [0.2, 0.25) is 10.0 Å². The van der Waals surface area contributed by atoms with Gasteiger partial charge < -0.3 is 15.2 Å². The van der Waals surface area contributed by atoms with Crippen molar-refractivity contribution in [2.75, 3.05) is 13.1 Å². The predicted octanol–water partition coefficient (Wildman–Crippen LogP) is 5.42. The number of carbonyl (C=O) groups is 1. The number of nitrogens with zero attached hydrogens (tertiary/aromatic N) is 1. The van der Waals surface area contributed by atoms with Crippen LogP contribution in [0.25, 0.3) is 0 Å². The molecule has 0 aliphatic carbocycles. The largest absolute Gasteiger partial charge is 0.445 e. The number of hydrogen-bond acceptors (Lipinski definition) is 5. The number of carbonyl (C=O) groups excluding carboxylic acids is 1. The molecule has 2 atom stereocenters. The fraction of sp³-hybridized carbons (Fsp3) is 0.367. The summed E-state index contributed by atoms with van der Waals surface area (Å²) in [6.45, 7) is 4.20. The van der Waals surface area contributed by atoms with E-state index in [1.165, 1.54) is 4.31 Å². The van der Waals surface area contributed by atoms with Gasteiger partial charge in [-0.1, -0.05) is 98.2 Å². The number of ether oxygens (including phenoxy) is 1. The number of sulfonamides is 1. The number of halogens is 1. The summed E-state index contributed by atoms with van der Waals surface area (Å²) in [4.78, 5) is 12.7.